The second-order valence-electron chi connectivity index (χ2n) is 6.29. The molecule has 0 bridgehead atoms. The van der Waals surface area contributed by atoms with Gasteiger partial charge in [-0.1, -0.05) is 13.8 Å². The number of fused-ring (bicyclic) bond motifs is 1. The van der Waals surface area contributed by atoms with Gasteiger partial charge in [0.15, 0.2) is 12.2 Å². The molecular formula is C18H23N5O. The minimum Gasteiger partial charge on any atom is -0.444 e. The Morgan fingerprint density at radius 2 is 2.08 bits per heavy atom. The van der Waals surface area contributed by atoms with Crippen LogP contribution in [0.15, 0.2) is 35.2 Å². The molecule has 1 unspecified atom stereocenters. The molecule has 0 saturated carbocycles. The number of hydrogen-bond acceptors (Lipinski definition) is 6. The number of anilines is 1. The zero-order valence-electron chi connectivity index (χ0n) is 14.3. The molecule has 3 aromatic rings. The molecule has 3 N–H and O–H groups in total. The zero-order chi connectivity index (χ0) is 17.1. The van der Waals surface area contributed by atoms with Gasteiger partial charge in [-0.15, -0.1) is 0 Å². The molecule has 0 fully saturated rings. The average molecular weight is 325 g/mol. The summed E-state index contributed by atoms with van der Waals surface area (Å²) in [6, 6.07) is 5.80. The smallest absolute Gasteiger partial charge is 0.181 e. The lowest BCUT2D eigenvalue weighted by Crippen LogP contribution is -2.17. The standard InChI is InChI=1S/C18H23N5O/c1-4-21-17-13-8-12(16-9-20-10-24-16)5-6-15(13)22-18(23-17)14(19)7-11(2)3/h5-6,8-11,14H,4,7,19H2,1-3H3,(H,21,22,23). The summed E-state index contributed by atoms with van der Waals surface area (Å²) in [5, 5.41) is 4.27. The fourth-order valence-electron chi connectivity index (χ4n) is 2.74. The van der Waals surface area contributed by atoms with E-state index in [1.165, 1.54) is 6.39 Å². The third-order valence-corrected chi connectivity index (χ3v) is 3.83. The van der Waals surface area contributed by atoms with Crippen molar-refractivity contribution >= 4 is 16.7 Å². The van der Waals surface area contributed by atoms with Crippen LogP contribution in [0.25, 0.3) is 22.2 Å². The van der Waals surface area contributed by atoms with Crippen LogP contribution in [0.2, 0.25) is 0 Å². The van der Waals surface area contributed by atoms with Crippen molar-refractivity contribution in [3.05, 3.63) is 36.6 Å². The van der Waals surface area contributed by atoms with E-state index in [1.807, 2.05) is 25.1 Å². The first-order valence-corrected chi connectivity index (χ1v) is 8.28. The highest BCUT2D eigenvalue weighted by Crippen LogP contribution is 2.29. The molecule has 0 aliphatic carbocycles. The SMILES string of the molecule is CCNc1nc(C(N)CC(C)C)nc2ccc(-c3cnco3)cc12. The predicted molar refractivity (Wildman–Crippen MR) is 95.6 cm³/mol. The van der Waals surface area contributed by atoms with E-state index in [9.17, 15) is 0 Å². The lowest BCUT2D eigenvalue weighted by molar-refractivity contribution is 0.494. The Morgan fingerprint density at radius 3 is 2.75 bits per heavy atom. The molecule has 0 radical (unpaired) electrons. The first kappa shape index (κ1) is 16.4. The molecule has 0 spiro atoms. The van der Waals surface area contributed by atoms with Gasteiger partial charge in [0.1, 0.15) is 11.6 Å². The number of nitrogens with one attached hydrogen (secondary N) is 1. The van der Waals surface area contributed by atoms with Crippen LogP contribution in [0.4, 0.5) is 5.82 Å². The first-order valence-electron chi connectivity index (χ1n) is 8.28. The maximum Gasteiger partial charge on any atom is 0.181 e. The topological polar surface area (TPSA) is 89.9 Å². The molecular weight excluding hydrogens is 302 g/mol. The highest BCUT2D eigenvalue weighted by molar-refractivity contribution is 5.92. The summed E-state index contributed by atoms with van der Waals surface area (Å²) in [5.41, 5.74) is 8.10. The fraction of sp³-hybridized carbons (Fsp3) is 0.389. The van der Waals surface area contributed by atoms with Gasteiger partial charge in [0.2, 0.25) is 0 Å². The van der Waals surface area contributed by atoms with Gasteiger partial charge >= 0.3 is 0 Å². The number of aromatic nitrogens is 3. The number of benzene rings is 1. The number of nitrogens with two attached hydrogens (primary N) is 1. The number of hydrogen-bond donors (Lipinski definition) is 2. The molecule has 0 saturated heterocycles. The van der Waals surface area contributed by atoms with Crippen LogP contribution in [-0.2, 0) is 0 Å². The number of oxazole rings is 1. The van der Waals surface area contributed by atoms with Crippen LogP contribution in [-0.4, -0.2) is 21.5 Å². The van der Waals surface area contributed by atoms with Gasteiger partial charge in [-0.05, 0) is 37.5 Å². The van der Waals surface area contributed by atoms with Gasteiger partial charge in [-0.2, -0.15) is 0 Å². The van der Waals surface area contributed by atoms with E-state index in [0.717, 1.165) is 41.0 Å². The Bertz CT molecular complexity index is 814. The van der Waals surface area contributed by atoms with E-state index in [-0.39, 0.29) is 6.04 Å². The maximum absolute atomic E-state index is 6.28. The maximum atomic E-state index is 6.28. The molecule has 3 rings (SSSR count). The van der Waals surface area contributed by atoms with Crippen molar-refractivity contribution in [3.63, 3.8) is 0 Å². The minimum absolute atomic E-state index is 0.166. The van der Waals surface area contributed by atoms with E-state index >= 15 is 0 Å². The van der Waals surface area contributed by atoms with Crippen molar-refractivity contribution in [2.45, 2.75) is 33.2 Å². The second-order valence-corrected chi connectivity index (χ2v) is 6.29. The second kappa shape index (κ2) is 6.97. The van der Waals surface area contributed by atoms with Crippen LogP contribution >= 0.6 is 0 Å². The summed E-state index contributed by atoms with van der Waals surface area (Å²) < 4.78 is 5.38. The molecule has 2 aromatic heterocycles. The van der Waals surface area contributed by atoms with Crippen LogP contribution in [0.1, 0.15) is 39.1 Å². The summed E-state index contributed by atoms with van der Waals surface area (Å²) in [6.45, 7) is 7.12. The van der Waals surface area contributed by atoms with Gasteiger partial charge in [-0.25, -0.2) is 15.0 Å². The van der Waals surface area contributed by atoms with Gasteiger partial charge in [-0.3, -0.25) is 0 Å². The third kappa shape index (κ3) is 3.38. The lowest BCUT2D eigenvalue weighted by atomic mass is 10.0. The largest absolute Gasteiger partial charge is 0.444 e. The van der Waals surface area contributed by atoms with Crippen LogP contribution in [0, 0.1) is 5.92 Å². The zero-order valence-corrected chi connectivity index (χ0v) is 14.3. The highest BCUT2D eigenvalue weighted by atomic mass is 16.3. The predicted octanol–water partition coefficient (Wildman–Crippen LogP) is 3.76. The molecule has 0 aliphatic rings. The van der Waals surface area contributed by atoms with E-state index in [1.54, 1.807) is 6.20 Å². The van der Waals surface area contributed by atoms with Gasteiger partial charge < -0.3 is 15.5 Å². The minimum atomic E-state index is -0.166. The summed E-state index contributed by atoms with van der Waals surface area (Å²) in [4.78, 5) is 13.3. The normalized spacial score (nSPS) is 12.7. The van der Waals surface area contributed by atoms with Crippen molar-refractivity contribution in [1.29, 1.82) is 0 Å². The van der Waals surface area contributed by atoms with E-state index in [0.29, 0.717) is 11.7 Å². The number of rotatable bonds is 6. The first-order chi connectivity index (χ1) is 11.6. The van der Waals surface area contributed by atoms with Crippen LogP contribution in [0.5, 0.6) is 0 Å². The molecule has 1 atom stereocenters. The lowest BCUT2D eigenvalue weighted by Gasteiger charge is -2.16. The molecule has 6 heteroatoms. The van der Waals surface area contributed by atoms with Crippen molar-refractivity contribution < 1.29 is 4.42 Å². The Morgan fingerprint density at radius 1 is 1.25 bits per heavy atom. The number of nitrogens with zero attached hydrogens (tertiary/aromatic N) is 3. The summed E-state index contributed by atoms with van der Waals surface area (Å²) in [5.74, 6) is 2.70. The highest BCUT2D eigenvalue weighted by Gasteiger charge is 2.16. The van der Waals surface area contributed by atoms with Crippen LogP contribution in [0.3, 0.4) is 0 Å². The summed E-state index contributed by atoms with van der Waals surface area (Å²) in [6.07, 6.45) is 3.98. The molecule has 0 aliphatic heterocycles. The summed E-state index contributed by atoms with van der Waals surface area (Å²) >= 11 is 0. The fourth-order valence-corrected chi connectivity index (χ4v) is 2.74. The van der Waals surface area contributed by atoms with Crippen molar-refractivity contribution in [2.24, 2.45) is 11.7 Å². The molecule has 24 heavy (non-hydrogen) atoms. The monoisotopic (exact) mass is 325 g/mol. The molecule has 1 aromatic carbocycles. The van der Waals surface area contributed by atoms with Crippen molar-refractivity contribution in [1.82, 2.24) is 15.0 Å². The van der Waals surface area contributed by atoms with E-state index in [2.05, 4.69) is 34.1 Å². The van der Waals surface area contributed by atoms with Gasteiger partial charge in [0, 0.05) is 17.5 Å². The molecule has 6 nitrogen and oxygen atoms in total. The summed E-state index contributed by atoms with van der Waals surface area (Å²) in [7, 11) is 0. The van der Waals surface area contributed by atoms with Gasteiger partial charge in [0.05, 0.1) is 17.8 Å². The van der Waals surface area contributed by atoms with E-state index in [4.69, 9.17) is 10.2 Å². The van der Waals surface area contributed by atoms with Crippen molar-refractivity contribution in [2.75, 3.05) is 11.9 Å². The Hall–Kier alpha value is -2.47. The quantitative estimate of drug-likeness (QED) is 0.717. The average Bonchev–Trinajstić information content (AvgIpc) is 3.08. The Labute approximate surface area is 141 Å². The Kier molecular flexibility index (Phi) is 4.76. The van der Waals surface area contributed by atoms with Gasteiger partial charge in [0.25, 0.3) is 0 Å². The Balaban J connectivity index is 2.08. The van der Waals surface area contributed by atoms with E-state index < -0.39 is 0 Å². The van der Waals surface area contributed by atoms with Crippen LogP contribution < -0.4 is 11.1 Å². The molecule has 0 amide bonds. The van der Waals surface area contributed by atoms with Crippen molar-refractivity contribution in [3.8, 4) is 11.3 Å². The molecule has 126 valence electrons. The molecule has 2 heterocycles. The third-order valence-electron chi connectivity index (χ3n) is 3.83.